The summed E-state index contributed by atoms with van der Waals surface area (Å²) in [4.78, 5) is 18.9. The zero-order valence-corrected chi connectivity index (χ0v) is 14.9. The van der Waals surface area contributed by atoms with E-state index in [1.54, 1.807) is 25.3 Å². The van der Waals surface area contributed by atoms with Gasteiger partial charge in [0.25, 0.3) is 5.91 Å². The number of hydrogen-bond acceptors (Lipinski definition) is 4. The average Bonchev–Trinajstić information content (AvgIpc) is 3.10. The summed E-state index contributed by atoms with van der Waals surface area (Å²) in [7, 11) is 1.60. The highest BCUT2D eigenvalue weighted by atomic mass is 19.1. The number of rotatable bonds is 4. The van der Waals surface area contributed by atoms with Gasteiger partial charge in [-0.05, 0) is 55.5 Å². The Morgan fingerprint density at radius 1 is 1.11 bits per heavy atom. The smallest absolute Gasteiger partial charge is 0.294 e. The Hall–Kier alpha value is -3.41. The van der Waals surface area contributed by atoms with Crippen molar-refractivity contribution in [3.05, 3.63) is 66.2 Å². The molecule has 5 nitrogen and oxygen atoms in total. The molecule has 0 N–H and O–H groups in total. The molecule has 27 heavy (non-hydrogen) atoms. The van der Waals surface area contributed by atoms with Crippen LogP contribution in [-0.4, -0.2) is 24.5 Å². The maximum atomic E-state index is 13.2. The molecule has 0 spiro atoms. The van der Waals surface area contributed by atoms with E-state index in [0.29, 0.717) is 23.7 Å². The number of methoxy groups -OCH3 is 1. The molecular weight excluding hydrogens is 347 g/mol. The van der Waals surface area contributed by atoms with Crippen LogP contribution in [0.25, 0.3) is 22.0 Å². The molecule has 4 aromatic rings. The van der Waals surface area contributed by atoms with Crippen molar-refractivity contribution in [3.8, 4) is 5.75 Å². The van der Waals surface area contributed by atoms with Crippen LogP contribution in [0.3, 0.4) is 0 Å². The van der Waals surface area contributed by atoms with Crippen LogP contribution in [0.5, 0.6) is 5.75 Å². The normalized spacial score (nSPS) is 11.1. The minimum absolute atomic E-state index is 0.186. The number of anilines is 1. The lowest BCUT2D eigenvalue weighted by Gasteiger charge is -2.19. The second-order valence-corrected chi connectivity index (χ2v) is 6.08. The molecule has 1 amide bonds. The van der Waals surface area contributed by atoms with Gasteiger partial charge in [0.2, 0.25) is 5.71 Å². The summed E-state index contributed by atoms with van der Waals surface area (Å²) in [5.74, 6) is 0.234. The molecule has 2 aromatic heterocycles. The monoisotopic (exact) mass is 364 g/mol. The highest BCUT2D eigenvalue weighted by Crippen LogP contribution is 2.27. The first kappa shape index (κ1) is 17.0. The summed E-state index contributed by atoms with van der Waals surface area (Å²) in [5, 5.41) is 1.67. The van der Waals surface area contributed by atoms with E-state index in [0.717, 1.165) is 16.3 Å². The van der Waals surface area contributed by atoms with Gasteiger partial charge in [-0.3, -0.25) is 4.79 Å². The van der Waals surface area contributed by atoms with Crippen LogP contribution in [0.4, 0.5) is 10.1 Å². The number of fused-ring (bicyclic) bond motifs is 2. The van der Waals surface area contributed by atoms with E-state index >= 15 is 0 Å². The van der Waals surface area contributed by atoms with Gasteiger partial charge < -0.3 is 14.1 Å². The molecule has 4 rings (SSSR count). The van der Waals surface area contributed by atoms with Crippen molar-refractivity contribution < 1.29 is 18.3 Å². The van der Waals surface area contributed by atoms with Crippen LogP contribution < -0.4 is 9.64 Å². The third kappa shape index (κ3) is 3.10. The number of ether oxygens (including phenoxy) is 1. The van der Waals surface area contributed by atoms with Crippen LogP contribution in [0, 0.1) is 5.82 Å². The number of benzene rings is 2. The molecule has 0 saturated carbocycles. The Morgan fingerprint density at radius 3 is 2.59 bits per heavy atom. The Balaban J connectivity index is 1.74. The number of aromatic nitrogens is 1. The summed E-state index contributed by atoms with van der Waals surface area (Å²) in [6.07, 6.45) is 0. The van der Waals surface area contributed by atoms with E-state index in [4.69, 9.17) is 9.15 Å². The Bertz CT molecular complexity index is 1140. The number of carbonyl (C=O) groups excluding carboxylic acids is 1. The van der Waals surface area contributed by atoms with Gasteiger partial charge in [0.05, 0.1) is 12.6 Å². The predicted octanol–water partition coefficient (Wildman–Crippen LogP) is 4.80. The minimum Gasteiger partial charge on any atom is -0.497 e. The Morgan fingerprint density at radius 2 is 1.89 bits per heavy atom. The number of pyridine rings is 1. The fourth-order valence-electron chi connectivity index (χ4n) is 3.04. The summed E-state index contributed by atoms with van der Waals surface area (Å²) in [6.45, 7) is 2.27. The fraction of sp³-hybridized carbons (Fsp3) is 0.143. The topological polar surface area (TPSA) is 55.6 Å². The lowest BCUT2D eigenvalue weighted by molar-refractivity contribution is 0.0963. The van der Waals surface area contributed by atoms with E-state index in [1.807, 2.05) is 31.2 Å². The molecule has 0 bridgehead atoms. The number of hydrogen-bond donors (Lipinski definition) is 0. The molecule has 0 radical (unpaired) electrons. The molecule has 0 saturated heterocycles. The largest absolute Gasteiger partial charge is 0.497 e. The predicted molar refractivity (Wildman–Crippen MR) is 102 cm³/mol. The molecule has 0 aliphatic carbocycles. The van der Waals surface area contributed by atoms with Crippen LogP contribution >= 0.6 is 0 Å². The van der Waals surface area contributed by atoms with Gasteiger partial charge in [0, 0.05) is 29.1 Å². The third-order valence-corrected chi connectivity index (χ3v) is 4.42. The van der Waals surface area contributed by atoms with E-state index in [2.05, 4.69) is 4.98 Å². The van der Waals surface area contributed by atoms with E-state index in [1.165, 1.54) is 17.0 Å². The maximum Gasteiger partial charge on any atom is 0.294 e. The number of furan rings is 1. The van der Waals surface area contributed by atoms with Crippen LogP contribution in [0.2, 0.25) is 0 Å². The number of amides is 1. The van der Waals surface area contributed by atoms with Crippen LogP contribution in [0.1, 0.15) is 17.5 Å². The van der Waals surface area contributed by atoms with Gasteiger partial charge in [0.15, 0.2) is 5.76 Å². The van der Waals surface area contributed by atoms with Gasteiger partial charge >= 0.3 is 0 Å². The average molecular weight is 364 g/mol. The van der Waals surface area contributed by atoms with Crippen molar-refractivity contribution in [2.24, 2.45) is 0 Å². The zero-order chi connectivity index (χ0) is 19.0. The van der Waals surface area contributed by atoms with Crippen molar-refractivity contribution in [3.63, 3.8) is 0 Å². The van der Waals surface area contributed by atoms with Gasteiger partial charge in [-0.2, -0.15) is 0 Å². The Kier molecular flexibility index (Phi) is 4.24. The molecule has 6 heteroatoms. The molecule has 2 aromatic carbocycles. The first-order valence-electron chi connectivity index (χ1n) is 8.55. The molecule has 0 fully saturated rings. The summed E-state index contributed by atoms with van der Waals surface area (Å²) >= 11 is 0. The first-order chi connectivity index (χ1) is 13.1. The van der Waals surface area contributed by atoms with Crippen LogP contribution in [-0.2, 0) is 0 Å². The fourth-order valence-corrected chi connectivity index (χ4v) is 3.04. The molecular formula is C21H17FN2O3. The molecule has 2 heterocycles. The molecule has 0 aliphatic rings. The second kappa shape index (κ2) is 6.72. The van der Waals surface area contributed by atoms with E-state index in [-0.39, 0.29) is 17.5 Å². The molecule has 0 atom stereocenters. The van der Waals surface area contributed by atoms with Crippen molar-refractivity contribution in [1.82, 2.24) is 4.98 Å². The quantitative estimate of drug-likeness (QED) is 0.522. The van der Waals surface area contributed by atoms with E-state index in [9.17, 15) is 9.18 Å². The maximum absolute atomic E-state index is 13.2. The highest BCUT2D eigenvalue weighted by Gasteiger charge is 2.21. The van der Waals surface area contributed by atoms with Gasteiger partial charge in [-0.15, -0.1) is 0 Å². The number of halogens is 1. The summed E-state index contributed by atoms with van der Waals surface area (Å²) in [5.41, 5.74) is 1.71. The second-order valence-electron chi connectivity index (χ2n) is 6.08. The molecule has 136 valence electrons. The lowest BCUT2D eigenvalue weighted by Crippen LogP contribution is -2.30. The van der Waals surface area contributed by atoms with Crippen molar-refractivity contribution in [2.75, 3.05) is 18.6 Å². The standard InChI is InChI=1S/C21H17FN2O3/c1-3-24(16-7-5-15(22)6-8-16)21(25)19-11-14-10-13-4-9-17(26-2)12-18(13)23-20(14)27-19/h4-12H,3H2,1-2H3. The first-order valence-corrected chi connectivity index (χ1v) is 8.55. The van der Waals surface area contributed by atoms with Crippen molar-refractivity contribution in [2.45, 2.75) is 6.92 Å². The zero-order valence-electron chi connectivity index (χ0n) is 14.9. The SMILES string of the molecule is CCN(C(=O)c1cc2cc3ccc(OC)cc3nc2o1)c1ccc(F)cc1. The van der Waals surface area contributed by atoms with Crippen molar-refractivity contribution in [1.29, 1.82) is 0 Å². The minimum atomic E-state index is -0.350. The molecule has 0 unspecified atom stereocenters. The highest BCUT2D eigenvalue weighted by molar-refractivity contribution is 6.06. The lowest BCUT2D eigenvalue weighted by atomic mass is 10.2. The Labute approximate surface area is 155 Å². The van der Waals surface area contributed by atoms with Gasteiger partial charge in [-0.25, -0.2) is 9.37 Å². The van der Waals surface area contributed by atoms with E-state index < -0.39 is 0 Å². The molecule has 0 aliphatic heterocycles. The number of carbonyl (C=O) groups is 1. The summed E-state index contributed by atoms with van der Waals surface area (Å²) in [6, 6.07) is 15.0. The summed E-state index contributed by atoms with van der Waals surface area (Å²) < 4.78 is 24.1. The van der Waals surface area contributed by atoms with Crippen molar-refractivity contribution >= 4 is 33.6 Å². The van der Waals surface area contributed by atoms with Gasteiger partial charge in [0.1, 0.15) is 11.6 Å². The number of nitrogens with zero attached hydrogens (tertiary/aromatic N) is 2. The third-order valence-electron chi connectivity index (χ3n) is 4.42. The van der Waals surface area contributed by atoms with Gasteiger partial charge in [-0.1, -0.05) is 0 Å². The van der Waals surface area contributed by atoms with Crippen LogP contribution in [0.15, 0.2) is 59.0 Å².